The SMILES string of the molecule is CCCCCCc1cc2c(cc1CCCCCC)CCCC2. The van der Waals surface area contributed by atoms with Gasteiger partial charge in [0.15, 0.2) is 0 Å². The molecule has 1 aliphatic rings. The third-order valence-electron chi connectivity index (χ3n) is 5.26. The molecule has 0 nitrogen and oxygen atoms in total. The topological polar surface area (TPSA) is 0 Å². The first-order valence-electron chi connectivity index (χ1n) is 9.98. The molecule has 0 N–H and O–H groups in total. The lowest BCUT2D eigenvalue weighted by atomic mass is 9.85. The van der Waals surface area contributed by atoms with E-state index in [1.165, 1.54) is 89.9 Å². The summed E-state index contributed by atoms with van der Waals surface area (Å²) < 4.78 is 0. The molecule has 0 aliphatic heterocycles. The summed E-state index contributed by atoms with van der Waals surface area (Å²) in [5.74, 6) is 0. The van der Waals surface area contributed by atoms with E-state index in [1.807, 2.05) is 0 Å². The summed E-state index contributed by atoms with van der Waals surface area (Å²) in [5.41, 5.74) is 6.73. The molecule has 0 atom stereocenters. The summed E-state index contributed by atoms with van der Waals surface area (Å²) in [6, 6.07) is 5.19. The van der Waals surface area contributed by atoms with Gasteiger partial charge < -0.3 is 0 Å². The van der Waals surface area contributed by atoms with E-state index < -0.39 is 0 Å². The second-order valence-electron chi connectivity index (χ2n) is 7.22. The maximum absolute atomic E-state index is 2.59. The lowest BCUT2D eigenvalue weighted by Crippen LogP contribution is -2.07. The molecule has 0 fully saturated rings. The van der Waals surface area contributed by atoms with Gasteiger partial charge in [-0.2, -0.15) is 0 Å². The van der Waals surface area contributed by atoms with Gasteiger partial charge in [-0.1, -0.05) is 64.5 Å². The van der Waals surface area contributed by atoms with Crippen molar-refractivity contribution in [2.24, 2.45) is 0 Å². The number of unbranched alkanes of at least 4 members (excludes halogenated alkanes) is 6. The van der Waals surface area contributed by atoms with Crippen molar-refractivity contribution >= 4 is 0 Å². The van der Waals surface area contributed by atoms with Gasteiger partial charge in [0.05, 0.1) is 0 Å². The standard InChI is InChI=1S/C22H36/c1-3-5-7-9-13-19-17-21-15-11-12-16-22(21)18-20(19)14-10-8-6-4-2/h17-18H,3-16H2,1-2H3. The Morgan fingerprint density at radius 2 is 1.09 bits per heavy atom. The minimum absolute atomic E-state index is 1.32. The second kappa shape index (κ2) is 10.1. The molecule has 0 unspecified atom stereocenters. The third kappa shape index (κ3) is 5.45. The lowest BCUT2D eigenvalue weighted by molar-refractivity contribution is 0.644. The van der Waals surface area contributed by atoms with E-state index in [-0.39, 0.29) is 0 Å². The van der Waals surface area contributed by atoms with Crippen molar-refractivity contribution in [1.29, 1.82) is 0 Å². The van der Waals surface area contributed by atoms with E-state index in [0.29, 0.717) is 0 Å². The molecule has 0 saturated heterocycles. The molecular formula is C22H36. The van der Waals surface area contributed by atoms with Crippen molar-refractivity contribution in [3.8, 4) is 0 Å². The Kier molecular flexibility index (Phi) is 8.05. The van der Waals surface area contributed by atoms with Crippen LogP contribution in [0.15, 0.2) is 12.1 Å². The van der Waals surface area contributed by atoms with E-state index in [1.54, 1.807) is 22.3 Å². The highest BCUT2D eigenvalue weighted by Gasteiger charge is 2.13. The number of benzene rings is 1. The van der Waals surface area contributed by atoms with Crippen LogP contribution in [0.3, 0.4) is 0 Å². The monoisotopic (exact) mass is 300 g/mol. The molecule has 0 aromatic heterocycles. The van der Waals surface area contributed by atoms with Gasteiger partial charge in [0, 0.05) is 0 Å². The van der Waals surface area contributed by atoms with Gasteiger partial charge in [-0.15, -0.1) is 0 Å². The Morgan fingerprint density at radius 1 is 0.636 bits per heavy atom. The second-order valence-corrected chi connectivity index (χ2v) is 7.22. The first kappa shape index (κ1) is 17.6. The zero-order chi connectivity index (χ0) is 15.6. The van der Waals surface area contributed by atoms with Gasteiger partial charge in [-0.05, 0) is 73.6 Å². The van der Waals surface area contributed by atoms with Crippen molar-refractivity contribution in [2.75, 3.05) is 0 Å². The fourth-order valence-corrected chi connectivity index (χ4v) is 3.84. The Balaban J connectivity index is 2.01. The van der Waals surface area contributed by atoms with Crippen LogP contribution in [0.4, 0.5) is 0 Å². The quantitative estimate of drug-likeness (QED) is 0.416. The van der Waals surface area contributed by atoms with Crippen molar-refractivity contribution in [3.05, 3.63) is 34.4 Å². The largest absolute Gasteiger partial charge is 0.0654 e. The maximum atomic E-state index is 2.59. The molecule has 1 aliphatic carbocycles. The van der Waals surface area contributed by atoms with Crippen molar-refractivity contribution in [3.63, 3.8) is 0 Å². The fourth-order valence-electron chi connectivity index (χ4n) is 3.84. The van der Waals surface area contributed by atoms with Crippen molar-refractivity contribution < 1.29 is 0 Å². The van der Waals surface area contributed by atoms with Crippen molar-refractivity contribution in [1.82, 2.24) is 0 Å². The summed E-state index contributed by atoms with van der Waals surface area (Å²) in [6.45, 7) is 4.61. The zero-order valence-corrected chi connectivity index (χ0v) is 15.1. The highest BCUT2D eigenvalue weighted by molar-refractivity contribution is 5.40. The smallest absolute Gasteiger partial charge is 0.0276 e. The molecule has 0 radical (unpaired) electrons. The highest BCUT2D eigenvalue weighted by atomic mass is 14.2. The van der Waals surface area contributed by atoms with Crippen LogP contribution in [-0.4, -0.2) is 0 Å². The van der Waals surface area contributed by atoms with Crippen LogP contribution in [0.2, 0.25) is 0 Å². The molecule has 0 heterocycles. The van der Waals surface area contributed by atoms with Crippen LogP contribution >= 0.6 is 0 Å². The molecule has 0 heteroatoms. The number of rotatable bonds is 10. The number of fused-ring (bicyclic) bond motifs is 1. The normalized spacial score (nSPS) is 14.1. The van der Waals surface area contributed by atoms with E-state index in [0.717, 1.165) is 0 Å². The van der Waals surface area contributed by atoms with E-state index in [2.05, 4.69) is 26.0 Å². The van der Waals surface area contributed by atoms with Crippen LogP contribution in [0, 0.1) is 0 Å². The van der Waals surface area contributed by atoms with Crippen LogP contribution < -0.4 is 0 Å². The van der Waals surface area contributed by atoms with Crippen LogP contribution in [0.5, 0.6) is 0 Å². The Bertz CT molecular complexity index is 389. The zero-order valence-electron chi connectivity index (χ0n) is 15.1. The van der Waals surface area contributed by atoms with Gasteiger partial charge in [-0.3, -0.25) is 0 Å². The first-order valence-corrected chi connectivity index (χ1v) is 9.98. The Labute approximate surface area is 138 Å². The first-order chi connectivity index (χ1) is 10.8. The minimum atomic E-state index is 1.32. The summed E-state index contributed by atoms with van der Waals surface area (Å²) in [4.78, 5) is 0. The number of hydrogen-bond acceptors (Lipinski definition) is 0. The average molecular weight is 301 g/mol. The Morgan fingerprint density at radius 3 is 1.50 bits per heavy atom. The average Bonchev–Trinajstić information content (AvgIpc) is 2.55. The highest BCUT2D eigenvalue weighted by Crippen LogP contribution is 2.27. The maximum Gasteiger partial charge on any atom is -0.0276 e. The molecule has 1 aromatic rings. The summed E-state index contributed by atoms with van der Waals surface area (Å²) >= 11 is 0. The summed E-state index contributed by atoms with van der Waals surface area (Å²) in [6.07, 6.45) is 19.1. The van der Waals surface area contributed by atoms with E-state index in [4.69, 9.17) is 0 Å². The molecule has 0 spiro atoms. The summed E-state index contributed by atoms with van der Waals surface area (Å²) in [7, 11) is 0. The van der Waals surface area contributed by atoms with Crippen LogP contribution in [0.1, 0.15) is 100 Å². The van der Waals surface area contributed by atoms with E-state index >= 15 is 0 Å². The van der Waals surface area contributed by atoms with Gasteiger partial charge >= 0.3 is 0 Å². The molecule has 2 rings (SSSR count). The Hall–Kier alpha value is -0.780. The van der Waals surface area contributed by atoms with Crippen molar-refractivity contribution in [2.45, 2.75) is 104 Å². The molecule has 124 valence electrons. The van der Waals surface area contributed by atoms with Gasteiger partial charge in [-0.25, -0.2) is 0 Å². The number of hydrogen-bond donors (Lipinski definition) is 0. The molecular weight excluding hydrogens is 264 g/mol. The van der Waals surface area contributed by atoms with Gasteiger partial charge in [0.25, 0.3) is 0 Å². The number of aryl methyl sites for hydroxylation is 4. The molecule has 0 bridgehead atoms. The van der Waals surface area contributed by atoms with Gasteiger partial charge in [0.2, 0.25) is 0 Å². The summed E-state index contributed by atoms with van der Waals surface area (Å²) in [5, 5.41) is 0. The minimum Gasteiger partial charge on any atom is -0.0654 e. The molecule has 22 heavy (non-hydrogen) atoms. The van der Waals surface area contributed by atoms with Crippen LogP contribution in [0.25, 0.3) is 0 Å². The fraction of sp³-hybridized carbons (Fsp3) is 0.727. The molecule has 0 saturated carbocycles. The third-order valence-corrected chi connectivity index (χ3v) is 5.26. The predicted octanol–water partition coefficient (Wildman–Crippen LogP) is 6.81. The molecule has 1 aromatic carbocycles. The predicted molar refractivity (Wildman–Crippen MR) is 98.8 cm³/mol. The van der Waals surface area contributed by atoms with Gasteiger partial charge in [0.1, 0.15) is 0 Å². The molecule has 0 amide bonds. The van der Waals surface area contributed by atoms with E-state index in [9.17, 15) is 0 Å². The van der Waals surface area contributed by atoms with Crippen LogP contribution in [-0.2, 0) is 25.7 Å². The lowest BCUT2D eigenvalue weighted by Gasteiger charge is -2.20.